The van der Waals surface area contributed by atoms with Crippen LogP contribution >= 0.6 is 0 Å². The normalized spacial score (nSPS) is 12.0. The summed E-state index contributed by atoms with van der Waals surface area (Å²) >= 11 is 0. The van der Waals surface area contributed by atoms with Gasteiger partial charge >= 0.3 is 5.97 Å². The minimum Gasteiger partial charge on any atom is -0.492 e. The van der Waals surface area contributed by atoms with E-state index < -0.39 is 11.9 Å². The Balaban J connectivity index is 2.90. The van der Waals surface area contributed by atoms with Gasteiger partial charge < -0.3 is 14.7 Å². The molecule has 0 spiro atoms. The molecule has 0 amide bonds. The van der Waals surface area contributed by atoms with Crippen molar-refractivity contribution in [2.75, 3.05) is 24.6 Å². The fraction of sp³-hybridized carbons (Fsp3) is 0.588. The fourth-order valence-corrected chi connectivity index (χ4v) is 2.27. The zero-order chi connectivity index (χ0) is 15.7. The summed E-state index contributed by atoms with van der Waals surface area (Å²) in [5, 5.41) is 9.16. The highest BCUT2D eigenvalue weighted by Crippen LogP contribution is 2.29. The van der Waals surface area contributed by atoms with Gasteiger partial charge in [0.25, 0.3) is 0 Å². The van der Waals surface area contributed by atoms with Crippen LogP contribution in [0.1, 0.15) is 40.0 Å². The molecule has 0 aliphatic rings. The van der Waals surface area contributed by atoms with Crippen LogP contribution in [0.4, 0.5) is 5.69 Å². The Bertz CT molecular complexity index is 434. The summed E-state index contributed by atoms with van der Waals surface area (Å²) in [6.45, 7) is 7.84. The molecule has 21 heavy (non-hydrogen) atoms. The lowest BCUT2D eigenvalue weighted by atomic mass is 10.1. The molecule has 0 radical (unpaired) electrons. The van der Waals surface area contributed by atoms with E-state index in [1.165, 1.54) is 0 Å². The average molecular weight is 293 g/mol. The largest absolute Gasteiger partial charge is 0.492 e. The maximum absolute atomic E-state index is 11.1. The Morgan fingerprint density at radius 3 is 2.62 bits per heavy atom. The lowest BCUT2D eigenvalue weighted by molar-refractivity contribution is -0.140. The number of rotatable bonds is 10. The smallest absolute Gasteiger partial charge is 0.308 e. The first-order chi connectivity index (χ1) is 10.1. The van der Waals surface area contributed by atoms with Crippen molar-refractivity contribution in [3.05, 3.63) is 24.3 Å². The van der Waals surface area contributed by atoms with Crippen molar-refractivity contribution in [3.8, 4) is 5.75 Å². The van der Waals surface area contributed by atoms with Crippen LogP contribution in [-0.2, 0) is 4.79 Å². The number of benzene rings is 1. The van der Waals surface area contributed by atoms with Crippen LogP contribution in [-0.4, -0.2) is 30.8 Å². The summed E-state index contributed by atoms with van der Waals surface area (Å²) in [4.78, 5) is 13.3. The summed E-state index contributed by atoms with van der Waals surface area (Å²) in [6.07, 6.45) is 3.35. The van der Waals surface area contributed by atoms with Gasteiger partial charge in [-0.2, -0.15) is 0 Å². The monoisotopic (exact) mass is 293 g/mol. The van der Waals surface area contributed by atoms with E-state index in [0.29, 0.717) is 13.2 Å². The molecule has 0 saturated carbocycles. The van der Waals surface area contributed by atoms with E-state index in [9.17, 15) is 4.79 Å². The van der Waals surface area contributed by atoms with Crippen LogP contribution in [0.25, 0.3) is 0 Å². The maximum Gasteiger partial charge on any atom is 0.308 e. The van der Waals surface area contributed by atoms with Crippen LogP contribution in [0.2, 0.25) is 0 Å². The summed E-state index contributed by atoms with van der Waals surface area (Å²) in [7, 11) is 0. The molecule has 118 valence electrons. The van der Waals surface area contributed by atoms with Crippen LogP contribution in [0, 0.1) is 5.92 Å². The number of carboxylic acids is 1. The molecule has 0 heterocycles. The zero-order valence-electron chi connectivity index (χ0n) is 13.3. The average Bonchev–Trinajstić information content (AvgIpc) is 2.47. The Labute approximate surface area is 127 Å². The number of anilines is 1. The third-order valence-electron chi connectivity index (χ3n) is 3.45. The van der Waals surface area contributed by atoms with Gasteiger partial charge in [0.15, 0.2) is 0 Å². The summed E-state index contributed by atoms with van der Waals surface area (Å²) < 4.78 is 5.68. The van der Waals surface area contributed by atoms with Gasteiger partial charge in [0.2, 0.25) is 0 Å². The molecule has 1 atom stereocenters. The third kappa shape index (κ3) is 5.66. The second kappa shape index (κ2) is 9.27. The minimum absolute atomic E-state index is 0.402. The number of carboxylic acid groups (broad SMARTS) is 1. The van der Waals surface area contributed by atoms with Crippen molar-refractivity contribution in [1.82, 2.24) is 0 Å². The molecular formula is C17H27NO3. The van der Waals surface area contributed by atoms with Gasteiger partial charge in [-0.1, -0.05) is 38.8 Å². The van der Waals surface area contributed by atoms with Crippen molar-refractivity contribution in [2.24, 2.45) is 5.92 Å². The molecular weight excluding hydrogens is 266 g/mol. The Morgan fingerprint density at radius 2 is 2.00 bits per heavy atom. The van der Waals surface area contributed by atoms with E-state index >= 15 is 0 Å². The van der Waals surface area contributed by atoms with Gasteiger partial charge in [0, 0.05) is 13.1 Å². The second-order valence-electron chi connectivity index (χ2n) is 5.29. The molecule has 0 aliphatic carbocycles. The first-order valence-electron chi connectivity index (χ1n) is 7.79. The number of carbonyl (C=O) groups is 1. The first-order valence-corrected chi connectivity index (χ1v) is 7.79. The highest BCUT2D eigenvalue weighted by molar-refractivity contribution is 5.71. The molecule has 0 bridgehead atoms. The molecule has 1 aromatic rings. The van der Waals surface area contributed by atoms with Crippen molar-refractivity contribution in [2.45, 2.75) is 40.0 Å². The van der Waals surface area contributed by atoms with Crippen LogP contribution in [0.3, 0.4) is 0 Å². The predicted octanol–water partition coefficient (Wildman–Crippen LogP) is 3.80. The van der Waals surface area contributed by atoms with E-state index in [-0.39, 0.29) is 0 Å². The maximum atomic E-state index is 11.1. The van der Waals surface area contributed by atoms with Gasteiger partial charge in [-0.05, 0) is 25.5 Å². The highest BCUT2D eigenvalue weighted by atomic mass is 16.5. The van der Waals surface area contributed by atoms with Gasteiger partial charge in [-0.15, -0.1) is 0 Å². The standard InChI is InChI=1S/C17H27NO3/c1-4-6-9-12-18(13-14(3)17(19)20)15-10-7-8-11-16(15)21-5-2/h7-8,10-11,14H,4-6,9,12-13H2,1-3H3,(H,19,20). The molecule has 1 rings (SSSR count). The van der Waals surface area contributed by atoms with Crippen LogP contribution in [0.5, 0.6) is 5.75 Å². The molecule has 1 aromatic carbocycles. The summed E-state index contributed by atoms with van der Waals surface area (Å²) in [5.41, 5.74) is 0.989. The van der Waals surface area contributed by atoms with Gasteiger partial charge in [-0.25, -0.2) is 0 Å². The molecule has 4 nitrogen and oxygen atoms in total. The lowest BCUT2D eigenvalue weighted by Gasteiger charge is -2.28. The van der Waals surface area contributed by atoms with E-state index in [0.717, 1.165) is 37.2 Å². The van der Waals surface area contributed by atoms with E-state index in [4.69, 9.17) is 9.84 Å². The minimum atomic E-state index is -0.760. The molecule has 4 heteroatoms. The predicted molar refractivity (Wildman–Crippen MR) is 86.1 cm³/mol. The molecule has 0 saturated heterocycles. The number of aliphatic carboxylic acids is 1. The highest BCUT2D eigenvalue weighted by Gasteiger charge is 2.18. The Kier molecular flexibility index (Phi) is 7.65. The number of hydrogen-bond acceptors (Lipinski definition) is 3. The number of para-hydroxylation sites is 2. The van der Waals surface area contributed by atoms with E-state index in [1.807, 2.05) is 31.2 Å². The number of hydrogen-bond donors (Lipinski definition) is 1. The van der Waals surface area contributed by atoms with Crippen LogP contribution < -0.4 is 9.64 Å². The lowest BCUT2D eigenvalue weighted by Crippen LogP contribution is -2.33. The zero-order valence-corrected chi connectivity index (χ0v) is 13.3. The second-order valence-corrected chi connectivity index (χ2v) is 5.29. The third-order valence-corrected chi connectivity index (χ3v) is 3.45. The quantitative estimate of drug-likeness (QED) is 0.667. The fourth-order valence-electron chi connectivity index (χ4n) is 2.27. The molecule has 0 fully saturated rings. The van der Waals surface area contributed by atoms with Gasteiger partial charge in [0.1, 0.15) is 5.75 Å². The summed E-state index contributed by atoms with van der Waals surface area (Å²) in [5.74, 6) is -0.334. The van der Waals surface area contributed by atoms with E-state index in [2.05, 4.69) is 11.8 Å². The molecule has 1 unspecified atom stereocenters. The summed E-state index contributed by atoms with van der Waals surface area (Å²) in [6, 6.07) is 7.86. The number of nitrogens with zero attached hydrogens (tertiary/aromatic N) is 1. The molecule has 1 N–H and O–H groups in total. The number of ether oxygens (including phenoxy) is 1. The molecule has 0 aromatic heterocycles. The number of unbranched alkanes of at least 4 members (excludes halogenated alkanes) is 2. The Hall–Kier alpha value is -1.71. The SMILES string of the molecule is CCCCCN(CC(C)C(=O)O)c1ccccc1OCC. The molecule has 0 aliphatic heterocycles. The van der Waals surface area contributed by atoms with Gasteiger partial charge in [-0.3, -0.25) is 4.79 Å². The van der Waals surface area contributed by atoms with Crippen molar-refractivity contribution in [1.29, 1.82) is 0 Å². The van der Waals surface area contributed by atoms with Crippen molar-refractivity contribution in [3.63, 3.8) is 0 Å². The van der Waals surface area contributed by atoms with E-state index in [1.54, 1.807) is 6.92 Å². The first kappa shape index (κ1) is 17.3. The van der Waals surface area contributed by atoms with Crippen molar-refractivity contribution >= 4 is 11.7 Å². The topological polar surface area (TPSA) is 49.8 Å². The van der Waals surface area contributed by atoms with Gasteiger partial charge in [0.05, 0.1) is 18.2 Å². The van der Waals surface area contributed by atoms with Crippen LogP contribution in [0.15, 0.2) is 24.3 Å². The Morgan fingerprint density at radius 1 is 1.29 bits per heavy atom. The van der Waals surface area contributed by atoms with Crippen molar-refractivity contribution < 1.29 is 14.6 Å².